The van der Waals surface area contributed by atoms with E-state index in [1.807, 2.05) is 12.4 Å². The number of aliphatic hydroxyl groups is 1. The zero-order valence-electron chi connectivity index (χ0n) is 10.3. The molecule has 0 aliphatic carbocycles. The molecule has 1 heterocycles. The Labute approximate surface area is 97.1 Å². The number of aliphatic hydroxyl groups excluding tert-OH is 1. The van der Waals surface area contributed by atoms with Crippen LogP contribution in [0.15, 0.2) is 12.4 Å². The Bertz CT molecular complexity index is 298. The van der Waals surface area contributed by atoms with E-state index in [-0.39, 0.29) is 6.61 Å². The minimum atomic E-state index is 0.131. The predicted octanol–water partition coefficient (Wildman–Crippen LogP) is -0.0849. The van der Waals surface area contributed by atoms with Gasteiger partial charge in [-0.15, -0.1) is 0 Å². The molecule has 5 nitrogen and oxygen atoms in total. The van der Waals surface area contributed by atoms with Gasteiger partial charge in [0.1, 0.15) is 0 Å². The van der Waals surface area contributed by atoms with Crippen molar-refractivity contribution in [3.63, 3.8) is 0 Å². The molecule has 92 valence electrons. The number of nitrogens with zero attached hydrogens (tertiary/aromatic N) is 3. The smallest absolute Gasteiger partial charge is 0.0640 e. The molecule has 5 heteroatoms. The molecule has 0 fully saturated rings. The van der Waals surface area contributed by atoms with Gasteiger partial charge in [0, 0.05) is 30.9 Å². The van der Waals surface area contributed by atoms with Crippen molar-refractivity contribution in [3.8, 4) is 0 Å². The summed E-state index contributed by atoms with van der Waals surface area (Å²) < 4.78 is 1.76. The fraction of sp³-hybridized carbons (Fsp3) is 0.727. The van der Waals surface area contributed by atoms with Gasteiger partial charge in [-0.05, 0) is 21.0 Å². The lowest BCUT2D eigenvalue weighted by Crippen LogP contribution is -2.35. The van der Waals surface area contributed by atoms with Crippen LogP contribution >= 0.6 is 0 Å². The van der Waals surface area contributed by atoms with Crippen LogP contribution in [0.3, 0.4) is 0 Å². The molecule has 2 N–H and O–H groups in total. The number of hydrogen-bond acceptors (Lipinski definition) is 4. The fourth-order valence-corrected chi connectivity index (χ4v) is 1.33. The van der Waals surface area contributed by atoms with E-state index in [0.29, 0.717) is 12.6 Å². The maximum Gasteiger partial charge on any atom is 0.0640 e. The molecule has 1 unspecified atom stereocenters. The first-order valence-electron chi connectivity index (χ1n) is 5.63. The molecule has 0 bridgehead atoms. The van der Waals surface area contributed by atoms with E-state index in [0.717, 1.165) is 18.7 Å². The van der Waals surface area contributed by atoms with Crippen LogP contribution in [-0.4, -0.2) is 53.1 Å². The van der Waals surface area contributed by atoms with Crippen LogP contribution in [0.25, 0.3) is 0 Å². The summed E-state index contributed by atoms with van der Waals surface area (Å²) in [5, 5.41) is 16.3. The standard InChI is InChI=1S/C11H22N4O/c1-10(14(2)3)6-12-7-11-8-13-15(9-11)4-5-16/h8-10,12,16H,4-7H2,1-3H3. The molecule has 0 aliphatic heterocycles. The largest absolute Gasteiger partial charge is 0.394 e. The zero-order valence-corrected chi connectivity index (χ0v) is 10.3. The fourth-order valence-electron chi connectivity index (χ4n) is 1.33. The van der Waals surface area contributed by atoms with Crippen molar-refractivity contribution in [2.75, 3.05) is 27.2 Å². The highest BCUT2D eigenvalue weighted by Gasteiger charge is 2.04. The molecule has 1 aromatic heterocycles. The van der Waals surface area contributed by atoms with E-state index in [2.05, 4.69) is 36.3 Å². The van der Waals surface area contributed by atoms with Gasteiger partial charge in [0.2, 0.25) is 0 Å². The molecule has 0 spiro atoms. The van der Waals surface area contributed by atoms with Crippen molar-refractivity contribution in [1.82, 2.24) is 20.0 Å². The molecular formula is C11H22N4O. The second-order valence-electron chi connectivity index (χ2n) is 4.28. The Morgan fingerprint density at radius 2 is 2.31 bits per heavy atom. The monoisotopic (exact) mass is 226 g/mol. The molecule has 1 atom stereocenters. The molecule has 0 aromatic carbocycles. The lowest BCUT2D eigenvalue weighted by Gasteiger charge is -2.19. The number of likely N-dealkylation sites (N-methyl/N-ethyl adjacent to an activating group) is 1. The third-order valence-electron chi connectivity index (χ3n) is 2.67. The molecule has 0 saturated carbocycles. The minimum absolute atomic E-state index is 0.131. The predicted molar refractivity (Wildman–Crippen MR) is 64.2 cm³/mol. The third kappa shape index (κ3) is 4.30. The van der Waals surface area contributed by atoms with E-state index in [1.165, 1.54) is 0 Å². The van der Waals surface area contributed by atoms with Gasteiger partial charge >= 0.3 is 0 Å². The highest BCUT2D eigenvalue weighted by atomic mass is 16.3. The number of hydrogen-bond donors (Lipinski definition) is 2. The Balaban J connectivity index is 2.26. The average molecular weight is 226 g/mol. The van der Waals surface area contributed by atoms with Crippen molar-refractivity contribution < 1.29 is 5.11 Å². The zero-order chi connectivity index (χ0) is 12.0. The minimum Gasteiger partial charge on any atom is -0.394 e. The van der Waals surface area contributed by atoms with Gasteiger partial charge in [0.25, 0.3) is 0 Å². The van der Waals surface area contributed by atoms with Crippen LogP contribution in [0.4, 0.5) is 0 Å². The molecule has 0 radical (unpaired) electrons. The second-order valence-corrected chi connectivity index (χ2v) is 4.28. The number of nitrogens with one attached hydrogen (secondary N) is 1. The summed E-state index contributed by atoms with van der Waals surface area (Å²) in [6.07, 6.45) is 3.80. The van der Waals surface area contributed by atoms with E-state index < -0.39 is 0 Å². The van der Waals surface area contributed by atoms with Gasteiger partial charge in [-0.3, -0.25) is 4.68 Å². The number of aromatic nitrogens is 2. The number of rotatable bonds is 7. The molecule has 0 amide bonds. The van der Waals surface area contributed by atoms with Crippen molar-refractivity contribution >= 4 is 0 Å². The van der Waals surface area contributed by atoms with E-state index >= 15 is 0 Å². The first-order valence-corrected chi connectivity index (χ1v) is 5.63. The van der Waals surface area contributed by atoms with E-state index in [1.54, 1.807) is 4.68 Å². The van der Waals surface area contributed by atoms with Crippen molar-refractivity contribution in [3.05, 3.63) is 18.0 Å². The molecule has 0 aliphatic rings. The summed E-state index contributed by atoms with van der Waals surface area (Å²) in [6.45, 7) is 4.66. The maximum absolute atomic E-state index is 8.76. The molecule has 1 aromatic rings. The Hall–Kier alpha value is -0.910. The van der Waals surface area contributed by atoms with E-state index in [9.17, 15) is 0 Å². The molecule has 1 rings (SSSR count). The van der Waals surface area contributed by atoms with Gasteiger partial charge in [-0.2, -0.15) is 5.10 Å². The van der Waals surface area contributed by atoms with Crippen molar-refractivity contribution in [2.45, 2.75) is 26.1 Å². The van der Waals surface area contributed by atoms with Crippen LogP contribution in [0.1, 0.15) is 12.5 Å². The molecular weight excluding hydrogens is 204 g/mol. The van der Waals surface area contributed by atoms with Crippen LogP contribution in [0, 0.1) is 0 Å². The van der Waals surface area contributed by atoms with Crippen LogP contribution in [0.5, 0.6) is 0 Å². The second kappa shape index (κ2) is 6.62. The van der Waals surface area contributed by atoms with Crippen molar-refractivity contribution in [2.24, 2.45) is 0 Å². The quantitative estimate of drug-likeness (QED) is 0.682. The summed E-state index contributed by atoms with van der Waals surface area (Å²) in [5.74, 6) is 0. The summed E-state index contributed by atoms with van der Waals surface area (Å²) in [4.78, 5) is 2.18. The summed E-state index contributed by atoms with van der Waals surface area (Å²) in [7, 11) is 4.15. The third-order valence-corrected chi connectivity index (χ3v) is 2.67. The van der Waals surface area contributed by atoms with Crippen molar-refractivity contribution in [1.29, 1.82) is 0 Å². The van der Waals surface area contributed by atoms with Crippen LogP contribution in [-0.2, 0) is 13.1 Å². The Morgan fingerprint density at radius 3 is 2.94 bits per heavy atom. The molecule has 0 saturated heterocycles. The van der Waals surface area contributed by atoms with Crippen LogP contribution < -0.4 is 5.32 Å². The van der Waals surface area contributed by atoms with Crippen LogP contribution in [0.2, 0.25) is 0 Å². The lowest BCUT2D eigenvalue weighted by atomic mass is 10.3. The first kappa shape index (κ1) is 13.2. The normalized spacial score (nSPS) is 13.3. The maximum atomic E-state index is 8.76. The Morgan fingerprint density at radius 1 is 1.56 bits per heavy atom. The summed E-state index contributed by atoms with van der Waals surface area (Å²) in [5.41, 5.74) is 1.15. The van der Waals surface area contributed by atoms with Gasteiger partial charge in [-0.25, -0.2) is 0 Å². The first-order chi connectivity index (χ1) is 7.63. The van der Waals surface area contributed by atoms with Gasteiger partial charge < -0.3 is 15.3 Å². The average Bonchev–Trinajstić information content (AvgIpc) is 2.66. The van der Waals surface area contributed by atoms with Gasteiger partial charge in [0.15, 0.2) is 0 Å². The highest BCUT2D eigenvalue weighted by Crippen LogP contribution is 1.97. The highest BCUT2D eigenvalue weighted by molar-refractivity contribution is 5.03. The molecule has 16 heavy (non-hydrogen) atoms. The lowest BCUT2D eigenvalue weighted by molar-refractivity contribution is 0.269. The van der Waals surface area contributed by atoms with Gasteiger partial charge in [0.05, 0.1) is 19.3 Å². The summed E-state index contributed by atoms with van der Waals surface area (Å²) in [6, 6.07) is 0.521. The topological polar surface area (TPSA) is 53.3 Å². The van der Waals surface area contributed by atoms with E-state index in [4.69, 9.17) is 5.11 Å². The SMILES string of the molecule is CC(CNCc1cnn(CCO)c1)N(C)C. The Kier molecular flexibility index (Phi) is 5.45. The summed E-state index contributed by atoms with van der Waals surface area (Å²) >= 11 is 0. The van der Waals surface area contributed by atoms with Gasteiger partial charge in [-0.1, -0.05) is 0 Å².